The summed E-state index contributed by atoms with van der Waals surface area (Å²) in [4.78, 5) is 30.0. The second-order valence-electron chi connectivity index (χ2n) is 6.16. The van der Waals surface area contributed by atoms with E-state index >= 15 is 0 Å². The van der Waals surface area contributed by atoms with E-state index in [1.807, 2.05) is 23.9 Å². The number of aromatic nitrogens is 3. The normalized spacial score (nSPS) is 11.3. The summed E-state index contributed by atoms with van der Waals surface area (Å²) < 4.78 is 3.31. The molecule has 0 saturated heterocycles. The Morgan fingerprint density at radius 2 is 1.93 bits per heavy atom. The summed E-state index contributed by atoms with van der Waals surface area (Å²) in [6.07, 6.45) is 0.120. The minimum atomic E-state index is -0.218. The standard InChI is InChI=1S/C18H14Cl2N4O2S2/c1-23-13-8-27-14(16(13)17(26)24(23)2)6-15(25)22-18-21-12(7-28-18)9-3-4-10(19)11(20)5-9/h3-5,7-8H,6H2,1-2H3,(H,21,22,25). The average molecular weight is 453 g/mol. The van der Waals surface area contributed by atoms with Gasteiger partial charge in [0.1, 0.15) is 0 Å². The molecule has 28 heavy (non-hydrogen) atoms. The summed E-state index contributed by atoms with van der Waals surface area (Å²) in [5, 5.41) is 8.54. The zero-order valence-corrected chi connectivity index (χ0v) is 18.0. The van der Waals surface area contributed by atoms with Crippen molar-refractivity contribution in [1.29, 1.82) is 0 Å². The Balaban J connectivity index is 1.52. The van der Waals surface area contributed by atoms with E-state index in [2.05, 4.69) is 10.3 Å². The zero-order chi connectivity index (χ0) is 20.0. The molecule has 10 heteroatoms. The first kappa shape index (κ1) is 19.2. The van der Waals surface area contributed by atoms with Gasteiger partial charge in [-0.15, -0.1) is 22.7 Å². The highest BCUT2D eigenvalue weighted by Gasteiger charge is 2.18. The molecule has 6 nitrogen and oxygen atoms in total. The van der Waals surface area contributed by atoms with E-state index in [1.54, 1.807) is 23.9 Å². The van der Waals surface area contributed by atoms with Crippen molar-refractivity contribution in [3.05, 3.63) is 54.2 Å². The Hall–Kier alpha value is -2.13. The van der Waals surface area contributed by atoms with Crippen molar-refractivity contribution in [2.75, 3.05) is 5.32 Å². The van der Waals surface area contributed by atoms with Crippen LogP contribution in [-0.2, 0) is 25.3 Å². The van der Waals surface area contributed by atoms with Crippen molar-refractivity contribution in [2.45, 2.75) is 6.42 Å². The van der Waals surface area contributed by atoms with Gasteiger partial charge in [0.2, 0.25) is 5.91 Å². The Kier molecular flexibility index (Phi) is 5.05. The number of thiazole rings is 1. The van der Waals surface area contributed by atoms with Gasteiger partial charge in [0.25, 0.3) is 5.56 Å². The monoisotopic (exact) mass is 452 g/mol. The maximum absolute atomic E-state index is 12.5. The third-order valence-electron chi connectivity index (χ3n) is 4.44. The van der Waals surface area contributed by atoms with Gasteiger partial charge in [-0.25, -0.2) is 4.98 Å². The molecule has 0 aliphatic rings. The molecule has 4 rings (SSSR count). The molecule has 0 aliphatic carbocycles. The van der Waals surface area contributed by atoms with Gasteiger partial charge in [-0.1, -0.05) is 29.3 Å². The number of carbonyl (C=O) groups is 1. The number of hydrogen-bond donors (Lipinski definition) is 1. The van der Waals surface area contributed by atoms with Crippen molar-refractivity contribution in [1.82, 2.24) is 14.3 Å². The van der Waals surface area contributed by atoms with Crippen LogP contribution >= 0.6 is 45.9 Å². The lowest BCUT2D eigenvalue weighted by Crippen LogP contribution is -2.18. The molecule has 0 aliphatic heterocycles. The number of aryl methyl sites for hydroxylation is 1. The number of hydrogen-bond acceptors (Lipinski definition) is 5. The molecule has 0 bridgehead atoms. The van der Waals surface area contributed by atoms with E-state index in [0.29, 0.717) is 26.3 Å². The maximum Gasteiger partial charge on any atom is 0.275 e. The number of fused-ring (bicyclic) bond motifs is 1. The molecule has 4 aromatic rings. The second kappa shape index (κ2) is 7.36. The van der Waals surface area contributed by atoms with Crippen molar-refractivity contribution in [3.63, 3.8) is 0 Å². The SMILES string of the molecule is Cn1c(=O)c2c(CC(=O)Nc3nc(-c4ccc(Cl)c(Cl)c4)cs3)scc2n1C. The van der Waals surface area contributed by atoms with Crippen molar-refractivity contribution in [3.8, 4) is 11.3 Å². The number of nitrogens with zero attached hydrogens (tertiary/aromatic N) is 3. The number of thiophene rings is 1. The molecular weight excluding hydrogens is 439 g/mol. The molecule has 0 unspecified atom stereocenters. The topological polar surface area (TPSA) is 68.9 Å². The van der Waals surface area contributed by atoms with Crippen LogP contribution in [0.1, 0.15) is 4.88 Å². The fourth-order valence-corrected chi connectivity index (χ4v) is 4.96. The van der Waals surface area contributed by atoms with Gasteiger partial charge in [-0.3, -0.25) is 19.0 Å². The Morgan fingerprint density at radius 3 is 2.68 bits per heavy atom. The number of nitrogens with one attached hydrogen (secondary N) is 1. The highest BCUT2D eigenvalue weighted by molar-refractivity contribution is 7.14. The van der Waals surface area contributed by atoms with E-state index < -0.39 is 0 Å². The Labute approximate surface area is 177 Å². The fourth-order valence-electron chi connectivity index (χ4n) is 2.87. The highest BCUT2D eigenvalue weighted by atomic mass is 35.5. The molecular formula is C18H14Cl2N4O2S2. The van der Waals surface area contributed by atoms with Crippen LogP contribution in [0.5, 0.6) is 0 Å². The van der Waals surface area contributed by atoms with Crippen molar-refractivity contribution >= 4 is 67.8 Å². The van der Waals surface area contributed by atoms with Gasteiger partial charge >= 0.3 is 0 Å². The molecule has 0 atom stereocenters. The predicted molar refractivity (Wildman–Crippen MR) is 116 cm³/mol. The molecule has 144 valence electrons. The van der Waals surface area contributed by atoms with Crippen LogP contribution in [0.3, 0.4) is 0 Å². The van der Waals surface area contributed by atoms with E-state index in [9.17, 15) is 9.59 Å². The van der Waals surface area contributed by atoms with E-state index in [-0.39, 0.29) is 17.9 Å². The van der Waals surface area contributed by atoms with Crippen LogP contribution < -0.4 is 10.9 Å². The summed E-state index contributed by atoms with van der Waals surface area (Å²) in [6, 6.07) is 5.26. The third-order valence-corrected chi connectivity index (χ3v) is 6.91. The number of anilines is 1. The number of halogens is 2. The lowest BCUT2D eigenvalue weighted by molar-refractivity contribution is -0.115. The molecule has 1 aromatic carbocycles. The van der Waals surface area contributed by atoms with E-state index in [1.165, 1.54) is 27.4 Å². The Morgan fingerprint density at radius 1 is 1.14 bits per heavy atom. The van der Waals surface area contributed by atoms with E-state index in [4.69, 9.17) is 23.2 Å². The third kappa shape index (κ3) is 3.37. The largest absolute Gasteiger partial charge is 0.302 e. The summed E-state index contributed by atoms with van der Waals surface area (Å²) in [7, 11) is 3.53. The quantitative estimate of drug-likeness (QED) is 0.493. The van der Waals surface area contributed by atoms with Gasteiger partial charge in [0.05, 0.1) is 33.1 Å². The van der Waals surface area contributed by atoms with Crippen LogP contribution in [0.4, 0.5) is 5.13 Å². The second-order valence-corrected chi connectivity index (χ2v) is 8.80. The number of amides is 1. The number of benzene rings is 1. The molecule has 3 heterocycles. The van der Waals surface area contributed by atoms with Crippen molar-refractivity contribution in [2.24, 2.45) is 14.1 Å². The van der Waals surface area contributed by atoms with Gasteiger partial charge in [0, 0.05) is 35.3 Å². The molecule has 0 fully saturated rings. The highest BCUT2D eigenvalue weighted by Crippen LogP contribution is 2.30. The predicted octanol–water partition coefficient (Wildman–Crippen LogP) is 4.55. The zero-order valence-electron chi connectivity index (χ0n) is 14.8. The molecule has 1 N–H and O–H groups in total. The summed E-state index contributed by atoms with van der Waals surface area (Å²) in [6.45, 7) is 0. The lowest BCUT2D eigenvalue weighted by atomic mass is 10.2. The molecule has 0 spiro atoms. The minimum absolute atomic E-state index is 0.0994. The van der Waals surface area contributed by atoms with Gasteiger partial charge in [0.15, 0.2) is 5.13 Å². The van der Waals surface area contributed by atoms with Crippen LogP contribution in [0.2, 0.25) is 10.0 Å². The van der Waals surface area contributed by atoms with Crippen LogP contribution in [-0.4, -0.2) is 20.3 Å². The van der Waals surface area contributed by atoms with Gasteiger partial charge < -0.3 is 5.32 Å². The van der Waals surface area contributed by atoms with E-state index in [0.717, 1.165) is 16.0 Å². The lowest BCUT2D eigenvalue weighted by Gasteiger charge is -2.01. The minimum Gasteiger partial charge on any atom is -0.302 e. The molecule has 1 amide bonds. The fraction of sp³-hybridized carbons (Fsp3) is 0.167. The van der Waals surface area contributed by atoms with Gasteiger partial charge in [-0.05, 0) is 12.1 Å². The molecule has 0 radical (unpaired) electrons. The van der Waals surface area contributed by atoms with Gasteiger partial charge in [-0.2, -0.15) is 0 Å². The average Bonchev–Trinajstić information content (AvgIpc) is 3.33. The maximum atomic E-state index is 12.5. The summed E-state index contributed by atoms with van der Waals surface area (Å²) in [5.41, 5.74) is 2.25. The first-order valence-electron chi connectivity index (χ1n) is 8.18. The summed E-state index contributed by atoms with van der Waals surface area (Å²) in [5.74, 6) is -0.218. The van der Waals surface area contributed by atoms with Crippen LogP contribution in [0.15, 0.2) is 33.8 Å². The smallest absolute Gasteiger partial charge is 0.275 e. The first-order valence-corrected chi connectivity index (χ1v) is 10.7. The molecule has 0 saturated carbocycles. The molecule has 3 aromatic heterocycles. The number of carbonyl (C=O) groups excluding carboxylic acids is 1. The Bertz CT molecular complexity index is 1270. The van der Waals surface area contributed by atoms with Crippen molar-refractivity contribution < 1.29 is 4.79 Å². The first-order chi connectivity index (χ1) is 13.3. The van der Waals surface area contributed by atoms with Crippen LogP contribution in [0.25, 0.3) is 22.2 Å². The summed E-state index contributed by atoms with van der Waals surface area (Å²) >= 11 is 14.7. The number of rotatable bonds is 4. The van der Waals surface area contributed by atoms with Crippen LogP contribution in [0, 0.1) is 0 Å².